The summed E-state index contributed by atoms with van der Waals surface area (Å²) in [7, 11) is 0. The van der Waals surface area contributed by atoms with Gasteiger partial charge in [0, 0.05) is 30.3 Å². The molecule has 8 nitrogen and oxygen atoms in total. The maximum Gasteiger partial charge on any atom is 0.293 e. The average molecular weight is 342 g/mol. The van der Waals surface area contributed by atoms with Crippen molar-refractivity contribution in [2.24, 2.45) is 0 Å². The third-order valence-corrected chi connectivity index (χ3v) is 3.42. The fourth-order valence-electron chi connectivity index (χ4n) is 2.18. The Bertz CT molecular complexity index is 820. The van der Waals surface area contributed by atoms with E-state index in [1.807, 2.05) is 13.0 Å². The van der Waals surface area contributed by atoms with Crippen LogP contribution in [-0.4, -0.2) is 28.1 Å². The van der Waals surface area contributed by atoms with Crippen molar-refractivity contribution in [1.82, 2.24) is 4.98 Å². The fraction of sp³-hybridized carbons (Fsp3) is 0.235. The molecule has 0 bridgehead atoms. The van der Waals surface area contributed by atoms with Crippen LogP contribution in [0.2, 0.25) is 0 Å². The monoisotopic (exact) mass is 342 g/mol. The van der Waals surface area contributed by atoms with E-state index < -0.39 is 4.92 Å². The second-order valence-electron chi connectivity index (χ2n) is 5.43. The molecule has 0 saturated carbocycles. The number of pyridine rings is 1. The summed E-state index contributed by atoms with van der Waals surface area (Å²) < 4.78 is 0. The van der Waals surface area contributed by atoms with Gasteiger partial charge in [-0.25, -0.2) is 4.98 Å². The van der Waals surface area contributed by atoms with Crippen LogP contribution in [0, 0.1) is 17.0 Å². The highest BCUT2D eigenvalue weighted by Gasteiger charge is 2.16. The largest absolute Gasteiger partial charge is 0.379 e. The number of amides is 1. The summed E-state index contributed by atoms with van der Waals surface area (Å²) in [6.07, 6.45) is 0.112. The van der Waals surface area contributed by atoms with Gasteiger partial charge in [0.2, 0.25) is 5.91 Å². The molecule has 0 saturated heterocycles. The van der Waals surface area contributed by atoms with E-state index in [-0.39, 0.29) is 41.6 Å². The standard InChI is InChI=1S/C17H18N4O4/c1-11-4-3-5-16(19-11)20-17(23)8-9-18-14-7-6-13(12(2)22)10-15(14)21(24)25/h3-7,10,18H,8-9H2,1-2H3,(H,19,20,23). The molecular weight excluding hydrogens is 324 g/mol. The number of carbonyl (C=O) groups excluding carboxylic acids is 2. The molecule has 1 aromatic heterocycles. The van der Waals surface area contributed by atoms with E-state index in [0.29, 0.717) is 5.82 Å². The van der Waals surface area contributed by atoms with E-state index in [4.69, 9.17) is 0 Å². The lowest BCUT2D eigenvalue weighted by atomic mass is 10.1. The van der Waals surface area contributed by atoms with Gasteiger partial charge in [-0.3, -0.25) is 19.7 Å². The van der Waals surface area contributed by atoms with Crippen molar-refractivity contribution in [3.05, 3.63) is 57.8 Å². The second kappa shape index (κ2) is 8.00. The van der Waals surface area contributed by atoms with Crippen LogP contribution in [0.15, 0.2) is 36.4 Å². The number of aromatic nitrogens is 1. The predicted octanol–water partition coefficient (Wildman–Crippen LogP) is 2.94. The molecule has 130 valence electrons. The molecule has 0 unspecified atom stereocenters. The molecule has 1 heterocycles. The Hall–Kier alpha value is -3.29. The van der Waals surface area contributed by atoms with Crippen LogP contribution in [0.3, 0.4) is 0 Å². The minimum absolute atomic E-state index is 0.112. The molecule has 2 rings (SSSR count). The first-order valence-electron chi connectivity index (χ1n) is 7.63. The van der Waals surface area contributed by atoms with Crippen LogP contribution < -0.4 is 10.6 Å². The van der Waals surface area contributed by atoms with Gasteiger partial charge in [-0.05, 0) is 38.1 Å². The van der Waals surface area contributed by atoms with Gasteiger partial charge in [0.25, 0.3) is 5.69 Å². The van der Waals surface area contributed by atoms with E-state index in [1.165, 1.54) is 25.1 Å². The van der Waals surface area contributed by atoms with Crippen LogP contribution in [0.4, 0.5) is 17.2 Å². The van der Waals surface area contributed by atoms with Crippen LogP contribution in [0.1, 0.15) is 29.4 Å². The molecule has 0 aliphatic heterocycles. The number of benzene rings is 1. The van der Waals surface area contributed by atoms with Crippen molar-refractivity contribution in [3.8, 4) is 0 Å². The maximum absolute atomic E-state index is 11.9. The van der Waals surface area contributed by atoms with Crippen molar-refractivity contribution in [2.75, 3.05) is 17.2 Å². The van der Waals surface area contributed by atoms with Crippen molar-refractivity contribution in [3.63, 3.8) is 0 Å². The topological polar surface area (TPSA) is 114 Å². The molecule has 0 spiro atoms. The van der Waals surface area contributed by atoms with Crippen molar-refractivity contribution in [1.29, 1.82) is 0 Å². The van der Waals surface area contributed by atoms with Gasteiger partial charge in [0.05, 0.1) is 4.92 Å². The first kappa shape index (κ1) is 18.1. The lowest BCUT2D eigenvalue weighted by molar-refractivity contribution is -0.384. The third-order valence-electron chi connectivity index (χ3n) is 3.42. The Kier molecular flexibility index (Phi) is 5.78. The van der Waals surface area contributed by atoms with Crippen molar-refractivity contribution in [2.45, 2.75) is 20.3 Å². The molecule has 25 heavy (non-hydrogen) atoms. The summed E-state index contributed by atoms with van der Waals surface area (Å²) in [6, 6.07) is 9.49. The normalized spacial score (nSPS) is 10.2. The SMILES string of the molecule is CC(=O)c1ccc(NCCC(=O)Nc2cccc(C)n2)c([N+](=O)[O-])c1. The average Bonchev–Trinajstić information content (AvgIpc) is 2.54. The molecule has 1 amide bonds. The number of nitrogens with zero attached hydrogens (tertiary/aromatic N) is 2. The van der Waals surface area contributed by atoms with Crippen molar-refractivity contribution < 1.29 is 14.5 Å². The Balaban J connectivity index is 1.96. The van der Waals surface area contributed by atoms with Crippen LogP contribution >= 0.6 is 0 Å². The van der Waals surface area contributed by atoms with Gasteiger partial charge in [0.1, 0.15) is 11.5 Å². The van der Waals surface area contributed by atoms with Gasteiger partial charge >= 0.3 is 0 Å². The van der Waals surface area contributed by atoms with Gasteiger partial charge < -0.3 is 10.6 Å². The highest BCUT2D eigenvalue weighted by molar-refractivity contribution is 5.95. The molecular formula is C17H18N4O4. The highest BCUT2D eigenvalue weighted by Crippen LogP contribution is 2.25. The lowest BCUT2D eigenvalue weighted by Crippen LogP contribution is -2.17. The minimum Gasteiger partial charge on any atom is -0.379 e. The second-order valence-corrected chi connectivity index (χ2v) is 5.43. The Morgan fingerprint density at radius 1 is 1.24 bits per heavy atom. The Morgan fingerprint density at radius 2 is 2.00 bits per heavy atom. The maximum atomic E-state index is 11.9. The number of Topliss-reactive ketones (excluding diaryl/α,β-unsaturated/α-hetero) is 1. The van der Waals surface area contributed by atoms with Crippen molar-refractivity contribution >= 4 is 28.9 Å². The number of hydrogen-bond donors (Lipinski definition) is 2. The fourth-order valence-corrected chi connectivity index (χ4v) is 2.18. The summed E-state index contributed by atoms with van der Waals surface area (Å²) in [5, 5.41) is 16.6. The van der Waals surface area contributed by atoms with E-state index in [1.54, 1.807) is 12.1 Å². The predicted molar refractivity (Wildman–Crippen MR) is 93.8 cm³/mol. The quantitative estimate of drug-likeness (QED) is 0.454. The van der Waals surface area contributed by atoms with E-state index >= 15 is 0 Å². The zero-order valence-corrected chi connectivity index (χ0v) is 13.9. The highest BCUT2D eigenvalue weighted by atomic mass is 16.6. The van der Waals surface area contributed by atoms with Gasteiger partial charge in [0.15, 0.2) is 5.78 Å². The number of rotatable bonds is 7. The smallest absolute Gasteiger partial charge is 0.293 e. The Labute approximate surface area is 144 Å². The first-order chi connectivity index (χ1) is 11.9. The number of nitrogens with one attached hydrogen (secondary N) is 2. The molecule has 2 aromatic rings. The molecule has 1 aromatic carbocycles. The molecule has 0 fully saturated rings. The Morgan fingerprint density at radius 3 is 2.64 bits per heavy atom. The molecule has 0 aliphatic rings. The number of hydrogen-bond acceptors (Lipinski definition) is 6. The molecule has 0 atom stereocenters. The van der Waals surface area contributed by atoms with Crippen LogP contribution in [-0.2, 0) is 4.79 Å². The van der Waals surface area contributed by atoms with E-state index in [2.05, 4.69) is 15.6 Å². The summed E-state index contributed by atoms with van der Waals surface area (Å²) in [4.78, 5) is 38.0. The van der Waals surface area contributed by atoms with Crippen LogP contribution in [0.25, 0.3) is 0 Å². The lowest BCUT2D eigenvalue weighted by Gasteiger charge is -2.08. The van der Waals surface area contributed by atoms with E-state index in [0.717, 1.165) is 5.69 Å². The first-order valence-corrected chi connectivity index (χ1v) is 7.63. The van der Waals surface area contributed by atoms with Gasteiger partial charge in [-0.15, -0.1) is 0 Å². The number of aryl methyl sites for hydroxylation is 1. The van der Waals surface area contributed by atoms with Crippen LogP contribution in [0.5, 0.6) is 0 Å². The minimum atomic E-state index is -0.564. The van der Waals surface area contributed by atoms with E-state index in [9.17, 15) is 19.7 Å². The number of nitro groups is 1. The number of anilines is 2. The summed E-state index contributed by atoms with van der Waals surface area (Å²) >= 11 is 0. The molecule has 0 radical (unpaired) electrons. The number of nitro benzene ring substituents is 1. The number of carbonyl (C=O) groups is 2. The zero-order valence-electron chi connectivity index (χ0n) is 13.9. The molecule has 2 N–H and O–H groups in total. The summed E-state index contributed by atoms with van der Waals surface area (Å²) in [5.74, 6) is -0.0462. The summed E-state index contributed by atoms with van der Waals surface area (Å²) in [5.41, 5.74) is 1.11. The number of ketones is 1. The molecule has 0 aliphatic carbocycles. The summed E-state index contributed by atoms with van der Waals surface area (Å²) in [6.45, 7) is 3.37. The molecule has 8 heteroatoms. The van der Waals surface area contributed by atoms with Gasteiger partial charge in [-0.2, -0.15) is 0 Å². The van der Waals surface area contributed by atoms with Gasteiger partial charge in [-0.1, -0.05) is 6.07 Å². The zero-order chi connectivity index (χ0) is 18.4. The third kappa shape index (κ3) is 5.10.